The van der Waals surface area contributed by atoms with E-state index in [-0.39, 0.29) is 12.2 Å². The molecule has 3 heteroatoms. The fourth-order valence-electron chi connectivity index (χ4n) is 1.37. The smallest absolute Gasteiger partial charge is 0.0722 e. The molecule has 0 aromatic rings. The van der Waals surface area contributed by atoms with Gasteiger partial charge in [-0.05, 0) is 40.7 Å². The lowest BCUT2D eigenvalue weighted by Crippen LogP contribution is -2.44. The van der Waals surface area contributed by atoms with Crippen LogP contribution in [-0.4, -0.2) is 38.0 Å². The van der Waals surface area contributed by atoms with Crippen LogP contribution in [0.15, 0.2) is 0 Å². The van der Waals surface area contributed by atoms with E-state index in [0.29, 0.717) is 6.04 Å². The molecule has 0 amide bonds. The SMILES string of the molecule is CCCNC(COC(C)C)C(C)OCC. The summed E-state index contributed by atoms with van der Waals surface area (Å²) in [7, 11) is 0. The molecule has 0 spiro atoms. The van der Waals surface area contributed by atoms with E-state index in [1.54, 1.807) is 0 Å². The summed E-state index contributed by atoms with van der Waals surface area (Å²) in [6.45, 7) is 12.9. The van der Waals surface area contributed by atoms with Crippen LogP contribution in [0.2, 0.25) is 0 Å². The number of rotatable bonds is 9. The zero-order valence-electron chi connectivity index (χ0n) is 10.9. The standard InChI is InChI=1S/C12H27NO2/c1-6-8-13-12(9-15-10(3)4)11(5)14-7-2/h10-13H,6-9H2,1-5H3. The third kappa shape index (κ3) is 7.77. The highest BCUT2D eigenvalue weighted by Gasteiger charge is 2.17. The first-order valence-corrected chi connectivity index (χ1v) is 6.08. The number of hydrogen-bond donors (Lipinski definition) is 1. The molecule has 0 aliphatic rings. The molecule has 0 aromatic carbocycles. The molecule has 1 N–H and O–H groups in total. The largest absolute Gasteiger partial charge is 0.377 e. The summed E-state index contributed by atoms with van der Waals surface area (Å²) in [6, 6.07) is 0.298. The zero-order valence-corrected chi connectivity index (χ0v) is 10.9. The summed E-state index contributed by atoms with van der Waals surface area (Å²) in [4.78, 5) is 0. The van der Waals surface area contributed by atoms with Crippen molar-refractivity contribution >= 4 is 0 Å². The second-order valence-corrected chi connectivity index (χ2v) is 4.10. The highest BCUT2D eigenvalue weighted by molar-refractivity contribution is 4.73. The van der Waals surface area contributed by atoms with Gasteiger partial charge in [0.25, 0.3) is 0 Å². The van der Waals surface area contributed by atoms with E-state index >= 15 is 0 Å². The summed E-state index contributed by atoms with van der Waals surface area (Å²) in [5, 5.41) is 3.46. The number of hydrogen-bond acceptors (Lipinski definition) is 3. The predicted molar refractivity (Wildman–Crippen MR) is 64.3 cm³/mol. The fourth-order valence-corrected chi connectivity index (χ4v) is 1.37. The summed E-state index contributed by atoms with van der Waals surface area (Å²) in [5.74, 6) is 0. The maximum Gasteiger partial charge on any atom is 0.0722 e. The monoisotopic (exact) mass is 217 g/mol. The van der Waals surface area contributed by atoms with Crippen molar-refractivity contribution in [3.8, 4) is 0 Å². The van der Waals surface area contributed by atoms with Crippen molar-refractivity contribution in [1.29, 1.82) is 0 Å². The molecule has 0 fully saturated rings. The molecule has 0 heterocycles. The molecule has 0 saturated heterocycles. The maximum atomic E-state index is 5.63. The minimum atomic E-state index is 0.209. The van der Waals surface area contributed by atoms with Crippen LogP contribution in [-0.2, 0) is 9.47 Å². The van der Waals surface area contributed by atoms with Crippen LogP contribution >= 0.6 is 0 Å². The molecule has 15 heavy (non-hydrogen) atoms. The van der Waals surface area contributed by atoms with E-state index in [1.165, 1.54) is 0 Å². The molecular weight excluding hydrogens is 190 g/mol. The molecule has 92 valence electrons. The predicted octanol–water partition coefficient (Wildman–Crippen LogP) is 2.20. The zero-order chi connectivity index (χ0) is 11.7. The van der Waals surface area contributed by atoms with Gasteiger partial charge in [0.05, 0.1) is 24.9 Å². The molecule has 0 rings (SSSR count). The molecule has 0 bridgehead atoms. The van der Waals surface area contributed by atoms with Gasteiger partial charge in [-0.1, -0.05) is 6.92 Å². The van der Waals surface area contributed by atoms with Crippen molar-refractivity contribution in [2.75, 3.05) is 19.8 Å². The molecule has 0 aliphatic carbocycles. The van der Waals surface area contributed by atoms with Gasteiger partial charge in [-0.15, -0.1) is 0 Å². The van der Waals surface area contributed by atoms with Gasteiger partial charge in [-0.25, -0.2) is 0 Å². The Balaban J connectivity index is 3.92. The molecule has 0 saturated carbocycles. The van der Waals surface area contributed by atoms with Gasteiger partial charge in [0, 0.05) is 6.61 Å². The summed E-state index contributed by atoms with van der Waals surface area (Å²) < 4.78 is 11.2. The second-order valence-electron chi connectivity index (χ2n) is 4.10. The van der Waals surface area contributed by atoms with Gasteiger partial charge < -0.3 is 14.8 Å². The first kappa shape index (κ1) is 14.9. The minimum Gasteiger partial charge on any atom is -0.377 e. The Kier molecular flexibility index (Phi) is 9.06. The van der Waals surface area contributed by atoms with Crippen molar-refractivity contribution in [2.24, 2.45) is 0 Å². The van der Waals surface area contributed by atoms with Crippen LogP contribution in [0.3, 0.4) is 0 Å². The lowest BCUT2D eigenvalue weighted by molar-refractivity contribution is -0.00546. The van der Waals surface area contributed by atoms with E-state index in [1.807, 2.05) is 6.92 Å². The summed E-state index contributed by atoms with van der Waals surface area (Å²) in [5.41, 5.74) is 0. The third-order valence-electron chi connectivity index (χ3n) is 2.26. The molecule has 2 unspecified atom stereocenters. The van der Waals surface area contributed by atoms with E-state index in [9.17, 15) is 0 Å². The van der Waals surface area contributed by atoms with E-state index < -0.39 is 0 Å². The highest BCUT2D eigenvalue weighted by Crippen LogP contribution is 2.02. The topological polar surface area (TPSA) is 30.5 Å². The van der Waals surface area contributed by atoms with E-state index in [2.05, 4.69) is 33.0 Å². The molecule has 0 aliphatic heterocycles. The van der Waals surface area contributed by atoms with Crippen molar-refractivity contribution in [3.63, 3.8) is 0 Å². The quantitative estimate of drug-likeness (QED) is 0.642. The van der Waals surface area contributed by atoms with Gasteiger partial charge in [-0.3, -0.25) is 0 Å². The molecular formula is C12H27NO2. The van der Waals surface area contributed by atoms with Crippen LogP contribution in [0.1, 0.15) is 41.0 Å². The van der Waals surface area contributed by atoms with Crippen LogP contribution in [0.25, 0.3) is 0 Å². The van der Waals surface area contributed by atoms with Gasteiger partial charge >= 0.3 is 0 Å². The van der Waals surface area contributed by atoms with E-state index in [0.717, 1.165) is 26.2 Å². The molecule has 2 atom stereocenters. The third-order valence-corrected chi connectivity index (χ3v) is 2.26. The second kappa shape index (κ2) is 9.13. The highest BCUT2D eigenvalue weighted by atomic mass is 16.5. The van der Waals surface area contributed by atoms with Gasteiger partial charge in [0.1, 0.15) is 0 Å². The van der Waals surface area contributed by atoms with Crippen molar-refractivity contribution in [3.05, 3.63) is 0 Å². The Hall–Kier alpha value is -0.120. The van der Waals surface area contributed by atoms with Crippen molar-refractivity contribution in [1.82, 2.24) is 5.32 Å². The minimum absolute atomic E-state index is 0.209. The Bertz CT molecular complexity index is 140. The lowest BCUT2D eigenvalue weighted by atomic mass is 10.2. The Morgan fingerprint density at radius 3 is 2.20 bits per heavy atom. The van der Waals surface area contributed by atoms with Crippen molar-refractivity contribution < 1.29 is 9.47 Å². The van der Waals surface area contributed by atoms with E-state index in [4.69, 9.17) is 9.47 Å². The lowest BCUT2D eigenvalue weighted by Gasteiger charge is -2.25. The molecule has 3 nitrogen and oxygen atoms in total. The van der Waals surface area contributed by atoms with Crippen LogP contribution in [0.5, 0.6) is 0 Å². The maximum absolute atomic E-state index is 5.63. The Labute approximate surface area is 94.5 Å². The molecule has 0 aromatic heterocycles. The normalized spacial score (nSPS) is 15.6. The van der Waals surface area contributed by atoms with Gasteiger partial charge in [-0.2, -0.15) is 0 Å². The summed E-state index contributed by atoms with van der Waals surface area (Å²) in [6.07, 6.45) is 1.63. The van der Waals surface area contributed by atoms with Gasteiger partial charge in [0.15, 0.2) is 0 Å². The molecule has 0 radical (unpaired) electrons. The van der Waals surface area contributed by atoms with Crippen LogP contribution in [0, 0.1) is 0 Å². The van der Waals surface area contributed by atoms with Crippen LogP contribution < -0.4 is 5.32 Å². The average molecular weight is 217 g/mol. The number of nitrogens with one attached hydrogen (secondary N) is 1. The van der Waals surface area contributed by atoms with Crippen LogP contribution in [0.4, 0.5) is 0 Å². The van der Waals surface area contributed by atoms with Gasteiger partial charge in [0.2, 0.25) is 0 Å². The Morgan fingerprint density at radius 1 is 1.07 bits per heavy atom. The van der Waals surface area contributed by atoms with Crippen molar-refractivity contribution in [2.45, 2.75) is 59.3 Å². The average Bonchev–Trinajstić information content (AvgIpc) is 2.17. The fraction of sp³-hybridized carbons (Fsp3) is 1.00. The Morgan fingerprint density at radius 2 is 1.73 bits per heavy atom. The first-order valence-electron chi connectivity index (χ1n) is 6.08. The first-order chi connectivity index (χ1) is 7.11. The number of ether oxygens (including phenoxy) is 2. The summed E-state index contributed by atoms with van der Waals surface area (Å²) >= 11 is 0.